The lowest BCUT2D eigenvalue weighted by atomic mass is 9.86. The minimum atomic E-state index is 0.0758. The van der Waals surface area contributed by atoms with Crippen LogP contribution in [0.15, 0.2) is 24.3 Å². The number of nitrogens with one attached hydrogen (secondary N) is 1. The Bertz CT molecular complexity index is 468. The first kappa shape index (κ1) is 14.9. The fourth-order valence-corrected chi connectivity index (χ4v) is 2.94. The van der Waals surface area contributed by atoms with Crippen LogP contribution in [-0.2, 0) is 6.42 Å². The van der Waals surface area contributed by atoms with E-state index in [9.17, 15) is 4.79 Å². The fourth-order valence-electron chi connectivity index (χ4n) is 2.94. The minimum Gasteiger partial charge on any atom is -0.338 e. The van der Waals surface area contributed by atoms with Crippen LogP contribution in [0.25, 0.3) is 0 Å². The molecule has 0 bridgehead atoms. The van der Waals surface area contributed by atoms with Crippen LogP contribution >= 0.6 is 0 Å². The van der Waals surface area contributed by atoms with Gasteiger partial charge in [-0.3, -0.25) is 0 Å². The molecule has 1 unspecified atom stereocenters. The van der Waals surface area contributed by atoms with Crippen LogP contribution in [0.1, 0.15) is 44.9 Å². The van der Waals surface area contributed by atoms with Gasteiger partial charge in [0.1, 0.15) is 0 Å². The summed E-state index contributed by atoms with van der Waals surface area (Å²) < 4.78 is 0. The van der Waals surface area contributed by atoms with Gasteiger partial charge in [-0.15, -0.1) is 0 Å². The highest BCUT2D eigenvalue weighted by Gasteiger charge is 2.32. The first-order valence-corrected chi connectivity index (χ1v) is 7.63. The van der Waals surface area contributed by atoms with Crippen LogP contribution in [0.2, 0.25) is 0 Å². The van der Waals surface area contributed by atoms with Crippen molar-refractivity contribution in [1.29, 1.82) is 0 Å². The standard InChI is InChI=1S/C17H26N2O/c1-12(2)11-18-17(20)19-10-9-14-7-5-6-8-15(14)16(19)13(3)4/h5-8,12-13,16H,9-11H2,1-4H3,(H,18,20). The van der Waals surface area contributed by atoms with Crippen molar-refractivity contribution in [3.05, 3.63) is 35.4 Å². The number of amides is 2. The molecule has 1 aliphatic rings. The van der Waals surface area contributed by atoms with Crippen molar-refractivity contribution in [3.8, 4) is 0 Å². The van der Waals surface area contributed by atoms with E-state index in [4.69, 9.17) is 0 Å². The Morgan fingerprint density at radius 1 is 1.30 bits per heavy atom. The Kier molecular flexibility index (Phi) is 4.69. The lowest BCUT2D eigenvalue weighted by Crippen LogP contribution is -2.47. The number of nitrogens with zero attached hydrogens (tertiary/aromatic N) is 1. The molecule has 0 radical (unpaired) electrons. The predicted molar refractivity (Wildman–Crippen MR) is 82.7 cm³/mol. The highest BCUT2D eigenvalue weighted by molar-refractivity contribution is 5.75. The van der Waals surface area contributed by atoms with Crippen molar-refractivity contribution in [2.75, 3.05) is 13.1 Å². The van der Waals surface area contributed by atoms with E-state index in [1.807, 2.05) is 4.90 Å². The van der Waals surface area contributed by atoms with Gasteiger partial charge in [-0.1, -0.05) is 52.0 Å². The molecule has 0 aromatic heterocycles. The number of benzene rings is 1. The number of rotatable bonds is 3. The summed E-state index contributed by atoms with van der Waals surface area (Å²) in [5, 5.41) is 3.05. The van der Waals surface area contributed by atoms with Crippen molar-refractivity contribution in [3.63, 3.8) is 0 Å². The molecule has 3 nitrogen and oxygen atoms in total. The SMILES string of the molecule is CC(C)CNC(=O)N1CCc2ccccc2C1C(C)C. The quantitative estimate of drug-likeness (QED) is 0.897. The second-order valence-corrected chi connectivity index (χ2v) is 6.41. The molecule has 1 N–H and O–H groups in total. The molecule has 1 aliphatic heterocycles. The molecule has 20 heavy (non-hydrogen) atoms. The summed E-state index contributed by atoms with van der Waals surface area (Å²) in [5.74, 6) is 0.898. The summed E-state index contributed by atoms with van der Waals surface area (Å²) in [6.07, 6.45) is 0.953. The van der Waals surface area contributed by atoms with Gasteiger partial charge in [0.15, 0.2) is 0 Å². The summed E-state index contributed by atoms with van der Waals surface area (Å²) in [6, 6.07) is 8.78. The zero-order valence-corrected chi connectivity index (χ0v) is 13.0. The lowest BCUT2D eigenvalue weighted by Gasteiger charge is -2.39. The Balaban J connectivity index is 2.20. The molecule has 1 aromatic carbocycles. The zero-order valence-electron chi connectivity index (χ0n) is 13.0. The van der Waals surface area contributed by atoms with Crippen molar-refractivity contribution in [2.24, 2.45) is 11.8 Å². The molecule has 110 valence electrons. The van der Waals surface area contributed by atoms with Gasteiger partial charge in [-0.2, -0.15) is 0 Å². The molecule has 1 aromatic rings. The van der Waals surface area contributed by atoms with Crippen LogP contribution in [0.4, 0.5) is 4.79 Å². The molecule has 2 amide bonds. The van der Waals surface area contributed by atoms with Gasteiger partial charge in [-0.25, -0.2) is 4.79 Å². The maximum atomic E-state index is 12.4. The summed E-state index contributed by atoms with van der Waals surface area (Å²) in [6.45, 7) is 10.2. The number of urea groups is 1. The highest BCUT2D eigenvalue weighted by Crippen LogP contribution is 2.34. The Morgan fingerprint density at radius 2 is 2.00 bits per heavy atom. The first-order chi connectivity index (χ1) is 9.50. The van der Waals surface area contributed by atoms with Crippen LogP contribution in [0.5, 0.6) is 0 Å². The number of hydrogen-bond acceptors (Lipinski definition) is 1. The van der Waals surface area contributed by atoms with E-state index in [-0.39, 0.29) is 12.1 Å². The third-order valence-electron chi connectivity index (χ3n) is 3.89. The molecule has 1 heterocycles. The van der Waals surface area contributed by atoms with E-state index in [1.165, 1.54) is 11.1 Å². The van der Waals surface area contributed by atoms with Crippen LogP contribution in [0.3, 0.4) is 0 Å². The van der Waals surface area contributed by atoms with Crippen molar-refractivity contribution in [1.82, 2.24) is 10.2 Å². The first-order valence-electron chi connectivity index (χ1n) is 7.63. The number of hydrogen-bond donors (Lipinski definition) is 1. The van der Waals surface area contributed by atoms with Gasteiger partial charge < -0.3 is 10.2 Å². The second kappa shape index (κ2) is 6.29. The molecular formula is C17H26N2O. The van der Waals surface area contributed by atoms with Gasteiger partial charge >= 0.3 is 6.03 Å². The van der Waals surface area contributed by atoms with Gasteiger partial charge in [0.2, 0.25) is 0 Å². The second-order valence-electron chi connectivity index (χ2n) is 6.41. The Hall–Kier alpha value is -1.51. The average Bonchev–Trinajstić information content (AvgIpc) is 2.43. The van der Waals surface area contributed by atoms with Crippen molar-refractivity contribution >= 4 is 6.03 Å². The summed E-state index contributed by atoms with van der Waals surface area (Å²) in [5.41, 5.74) is 2.70. The Morgan fingerprint density at radius 3 is 2.65 bits per heavy atom. The molecule has 1 atom stereocenters. The van der Waals surface area contributed by atoms with E-state index in [2.05, 4.69) is 57.3 Å². The largest absolute Gasteiger partial charge is 0.338 e. The van der Waals surface area contributed by atoms with E-state index < -0.39 is 0 Å². The van der Waals surface area contributed by atoms with Crippen molar-refractivity contribution in [2.45, 2.75) is 40.2 Å². The maximum Gasteiger partial charge on any atom is 0.317 e. The van der Waals surface area contributed by atoms with Gasteiger partial charge in [0.05, 0.1) is 6.04 Å². The van der Waals surface area contributed by atoms with E-state index in [1.54, 1.807) is 0 Å². The molecule has 0 aliphatic carbocycles. The molecule has 0 fully saturated rings. The number of carbonyl (C=O) groups is 1. The summed E-state index contributed by atoms with van der Waals surface area (Å²) in [4.78, 5) is 14.5. The van der Waals surface area contributed by atoms with Crippen molar-refractivity contribution < 1.29 is 4.79 Å². The normalized spacial score (nSPS) is 18.3. The smallest absolute Gasteiger partial charge is 0.317 e. The molecule has 0 spiro atoms. The van der Waals surface area contributed by atoms with Gasteiger partial charge in [0, 0.05) is 13.1 Å². The molecule has 0 saturated heterocycles. The monoisotopic (exact) mass is 274 g/mol. The van der Waals surface area contributed by atoms with E-state index in [0.717, 1.165) is 19.5 Å². The van der Waals surface area contributed by atoms with E-state index in [0.29, 0.717) is 11.8 Å². The maximum absolute atomic E-state index is 12.4. The van der Waals surface area contributed by atoms with Crippen LogP contribution in [0, 0.1) is 11.8 Å². The lowest BCUT2D eigenvalue weighted by molar-refractivity contribution is 0.148. The molecular weight excluding hydrogens is 248 g/mol. The number of fused-ring (bicyclic) bond motifs is 1. The third-order valence-corrected chi connectivity index (χ3v) is 3.89. The molecule has 3 heteroatoms. The van der Waals surface area contributed by atoms with Crippen LogP contribution < -0.4 is 5.32 Å². The summed E-state index contributed by atoms with van der Waals surface area (Å²) >= 11 is 0. The topological polar surface area (TPSA) is 32.3 Å². The molecule has 0 saturated carbocycles. The third kappa shape index (κ3) is 3.14. The van der Waals surface area contributed by atoms with Gasteiger partial charge in [0.25, 0.3) is 0 Å². The Labute approximate surface area is 122 Å². The molecule has 2 rings (SSSR count). The van der Waals surface area contributed by atoms with Crippen LogP contribution in [-0.4, -0.2) is 24.0 Å². The highest BCUT2D eigenvalue weighted by atomic mass is 16.2. The fraction of sp³-hybridized carbons (Fsp3) is 0.588. The number of carbonyl (C=O) groups excluding carboxylic acids is 1. The van der Waals surface area contributed by atoms with E-state index >= 15 is 0 Å². The zero-order chi connectivity index (χ0) is 14.7. The minimum absolute atomic E-state index is 0.0758. The predicted octanol–water partition coefficient (Wildman–Crippen LogP) is 3.61. The average molecular weight is 274 g/mol. The van der Waals surface area contributed by atoms with Gasteiger partial charge in [-0.05, 0) is 29.4 Å². The summed E-state index contributed by atoms with van der Waals surface area (Å²) in [7, 11) is 0.